The Morgan fingerprint density at radius 3 is 2.48 bits per heavy atom. The molecule has 1 aromatic rings. The van der Waals surface area contributed by atoms with Crippen LogP contribution >= 0.6 is 0 Å². The molecule has 6 heteroatoms. The number of rotatable bonds is 5. The monoisotopic (exact) mass is 369 g/mol. The molecule has 1 aliphatic heterocycles. The zero-order valence-electron chi connectivity index (χ0n) is 15.6. The molecular formula is C21H23NO5. The summed E-state index contributed by atoms with van der Waals surface area (Å²) in [6.45, 7) is 2.21. The number of nitrogens with zero attached hydrogens (tertiary/aromatic N) is 1. The number of likely N-dealkylation sites (tertiary alicyclic amines) is 1. The molecule has 1 amide bonds. The number of hydrogen-bond acceptors (Lipinski definition) is 5. The van der Waals surface area contributed by atoms with Crippen LogP contribution in [0.2, 0.25) is 0 Å². The van der Waals surface area contributed by atoms with E-state index in [1.165, 1.54) is 7.11 Å². The lowest BCUT2D eigenvalue weighted by Crippen LogP contribution is -2.41. The summed E-state index contributed by atoms with van der Waals surface area (Å²) in [4.78, 5) is 51.1. The summed E-state index contributed by atoms with van der Waals surface area (Å²) in [7, 11) is 1.32. The second kappa shape index (κ2) is 7.86. The minimum atomic E-state index is -0.506. The summed E-state index contributed by atoms with van der Waals surface area (Å²) < 4.78 is 4.76. The molecule has 0 N–H and O–H groups in total. The minimum absolute atomic E-state index is 0.115. The van der Waals surface area contributed by atoms with E-state index >= 15 is 0 Å². The Labute approximate surface area is 158 Å². The van der Waals surface area contributed by atoms with Gasteiger partial charge in [-0.3, -0.25) is 14.4 Å². The van der Waals surface area contributed by atoms with Gasteiger partial charge in [0.05, 0.1) is 7.11 Å². The topological polar surface area (TPSA) is 80.8 Å². The maximum atomic E-state index is 12.7. The first-order chi connectivity index (χ1) is 13.0. The van der Waals surface area contributed by atoms with Gasteiger partial charge in [-0.25, -0.2) is 4.79 Å². The number of ether oxygens (including phenoxy) is 1. The fraction of sp³-hybridized carbons (Fsp3) is 0.429. The minimum Gasteiger partial charge on any atom is -0.467 e. The van der Waals surface area contributed by atoms with Crippen molar-refractivity contribution in [1.29, 1.82) is 0 Å². The van der Waals surface area contributed by atoms with Crippen LogP contribution < -0.4 is 0 Å². The first kappa shape index (κ1) is 19.0. The molecule has 27 heavy (non-hydrogen) atoms. The quantitative estimate of drug-likeness (QED) is 0.746. The molecule has 0 aromatic heterocycles. The van der Waals surface area contributed by atoms with Crippen LogP contribution in [-0.2, 0) is 14.3 Å². The van der Waals surface area contributed by atoms with Crippen LogP contribution in [0.4, 0.5) is 0 Å². The van der Waals surface area contributed by atoms with Crippen LogP contribution in [0.3, 0.4) is 0 Å². The van der Waals surface area contributed by atoms with E-state index in [2.05, 4.69) is 0 Å². The molecule has 0 unspecified atom stereocenters. The molecule has 3 rings (SSSR count). The average Bonchev–Trinajstić information content (AvgIpc) is 3.18. The molecule has 0 saturated carbocycles. The van der Waals surface area contributed by atoms with E-state index < -0.39 is 6.04 Å². The molecule has 0 bridgehead atoms. The highest BCUT2D eigenvalue weighted by molar-refractivity contribution is 6.26. The number of allylic oxidation sites excluding steroid dienone is 2. The first-order valence-electron chi connectivity index (χ1n) is 9.21. The second-order valence-corrected chi connectivity index (χ2v) is 6.93. The maximum Gasteiger partial charge on any atom is 0.328 e. The molecule has 1 atom stereocenters. The van der Waals surface area contributed by atoms with Gasteiger partial charge in [-0.05, 0) is 32.6 Å². The molecule has 1 fully saturated rings. The van der Waals surface area contributed by atoms with E-state index in [4.69, 9.17) is 4.74 Å². The molecule has 0 spiro atoms. The number of amides is 1. The Bertz CT molecular complexity index is 839. The second-order valence-electron chi connectivity index (χ2n) is 6.93. The van der Waals surface area contributed by atoms with E-state index in [0.717, 1.165) is 6.42 Å². The number of benzene rings is 1. The largest absolute Gasteiger partial charge is 0.467 e. The summed E-state index contributed by atoms with van der Waals surface area (Å²) in [6.07, 6.45) is 2.45. The lowest BCUT2D eigenvalue weighted by Gasteiger charge is -2.23. The summed E-state index contributed by atoms with van der Waals surface area (Å²) in [5.41, 5.74) is 1.81. The van der Waals surface area contributed by atoms with E-state index in [9.17, 15) is 19.2 Å². The molecule has 142 valence electrons. The number of ketones is 2. The molecule has 0 radical (unpaired) electrons. The van der Waals surface area contributed by atoms with Crippen LogP contribution in [0.5, 0.6) is 0 Å². The van der Waals surface area contributed by atoms with Gasteiger partial charge in [-0.15, -0.1) is 0 Å². The first-order valence-corrected chi connectivity index (χ1v) is 9.21. The van der Waals surface area contributed by atoms with E-state index in [1.807, 2.05) is 0 Å². The fourth-order valence-electron chi connectivity index (χ4n) is 3.86. The van der Waals surface area contributed by atoms with Crippen molar-refractivity contribution in [2.24, 2.45) is 0 Å². The highest BCUT2D eigenvalue weighted by atomic mass is 16.5. The Morgan fingerprint density at radius 2 is 1.81 bits per heavy atom. The molecule has 6 nitrogen and oxygen atoms in total. The van der Waals surface area contributed by atoms with Gasteiger partial charge in [-0.2, -0.15) is 0 Å². The molecule has 1 aliphatic carbocycles. The van der Waals surface area contributed by atoms with Gasteiger partial charge in [0.1, 0.15) is 6.04 Å². The predicted octanol–water partition coefficient (Wildman–Crippen LogP) is 2.72. The average molecular weight is 369 g/mol. The van der Waals surface area contributed by atoms with Crippen LogP contribution in [0, 0.1) is 0 Å². The lowest BCUT2D eigenvalue weighted by molar-refractivity contribution is -0.151. The van der Waals surface area contributed by atoms with Gasteiger partial charge in [-0.1, -0.05) is 24.3 Å². The normalized spacial score (nSPS) is 19.3. The van der Waals surface area contributed by atoms with Crippen LogP contribution in [0.25, 0.3) is 0 Å². The van der Waals surface area contributed by atoms with Crippen molar-refractivity contribution in [1.82, 2.24) is 4.90 Å². The van der Waals surface area contributed by atoms with E-state index in [-0.39, 0.29) is 29.9 Å². The standard InChI is InChI=1S/C21H23NO5/c1-13-14(20(25)16-8-4-3-7-15(16)19(13)24)9-5-11-18(23)22-12-6-10-17(22)21(26)27-2/h3-4,7-8,17H,5-6,9-12H2,1-2H3/t17-/m0/s1. The van der Waals surface area contributed by atoms with Crippen LogP contribution in [0.1, 0.15) is 59.7 Å². The SMILES string of the molecule is COC(=O)[C@@H]1CCCN1C(=O)CCCC1=C(C)C(=O)c2ccccc2C1=O. The highest BCUT2D eigenvalue weighted by Crippen LogP contribution is 2.29. The van der Waals surface area contributed by atoms with Gasteiger partial charge in [0, 0.05) is 35.2 Å². The van der Waals surface area contributed by atoms with Crippen molar-refractivity contribution >= 4 is 23.4 Å². The molecule has 1 aromatic carbocycles. The summed E-state index contributed by atoms with van der Waals surface area (Å²) in [6, 6.07) is 6.31. The highest BCUT2D eigenvalue weighted by Gasteiger charge is 2.35. The van der Waals surface area contributed by atoms with Gasteiger partial charge in [0.15, 0.2) is 11.6 Å². The Balaban J connectivity index is 1.64. The summed E-state index contributed by atoms with van der Waals surface area (Å²) in [5, 5.41) is 0. The van der Waals surface area contributed by atoms with Gasteiger partial charge >= 0.3 is 5.97 Å². The molecule has 2 aliphatic rings. The van der Waals surface area contributed by atoms with Crippen LogP contribution in [-0.4, -0.2) is 48.0 Å². The van der Waals surface area contributed by atoms with Crippen molar-refractivity contribution in [3.05, 3.63) is 46.5 Å². The molecular weight excluding hydrogens is 346 g/mol. The third-order valence-electron chi connectivity index (χ3n) is 5.35. The molecule has 1 heterocycles. The summed E-state index contributed by atoms with van der Waals surface area (Å²) in [5.74, 6) is -0.763. The van der Waals surface area contributed by atoms with Gasteiger partial charge in [0.25, 0.3) is 0 Å². The van der Waals surface area contributed by atoms with Crippen molar-refractivity contribution in [2.75, 3.05) is 13.7 Å². The Hall–Kier alpha value is -2.76. The smallest absolute Gasteiger partial charge is 0.328 e. The Kier molecular flexibility index (Phi) is 5.54. The van der Waals surface area contributed by atoms with E-state index in [0.29, 0.717) is 48.1 Å². The van der Waals surface area contributed by atoms with Crippen molar-refractivity contribution in [3.63, 3.8) is 0 Å². The third-order valence-corrected chi connectivity index (χ3v) is 5.35. The molecule has 1 saturated heterocycles. The van der Waals surface area contributed by atoms with Crippen molar-refractivity contribution in [2.45, 2.75) is 45.1 Å². The number of fused-ring (bicyclic) bond motifs is 1. The number of esters is 1. The zero-order valence-corrected chi connectivity index (χ0v) is 15.6. The fourth-order valence-corrected chi connectivity index (χ4v) is 3.86. The van der Waals surface area contributed by atoms with E-state index in [1.54, 1.807) is 36.1 Å². The zero-order chi connectivity index (χ0) is 19.6. The lowest BCUT2D eigenvalue weighted by atomic mass is 9.83. The third kappa shape index (κ3) is 3.56. The van der Waals surface area contributed by atoms with Gasteiger partial charge in [0.2, 0.25) is 5.91 Å². The van der Waals surface area contributed by atoms with Crippen LogP contribution in [0.15, 0.2) is 35.4 Å². The van der Waals surface area contributed by atoms with Crippen molar-refractivity contribution < 1.29 is 23.9 Å². The number of methoxy groups -OCH3 is 1. The number of Topliss-reactive ketones (excluding diaryl/α,β-unsaturated/α-hetero) is 2. The maximum absolute atomic E-state index is 12.7. The number of carbonyl (C=O) groups is 4. The Morgan fingerprint density at radius 1 is 1.15 bits per heavy atom. The summed E-state index contributed by atoms with van der Waals surface area (Å²) >= 11 is 0. The van der Waals surface area contributed by atoms with Gasteiger partial charge < -0.3 is 9.64 Å². The number of carbonyl (C=O) groups excluding carboxylic acids is 4. The van der Waals surface area contributed by atoms with Crippen molar-refractivity contribution in [3.8, 4) is 0 Å². The predicted molar refractivity (Wildman–Crippen MR) is 98.4 cm³/mol. The number of hydrogen-bond donors (Lipinski definition) is 0.